The van der Waals surface area contributed by atoms with Gasteiger partial charge in [-0.05, 0) is 24.4 Å². The van der Waals surface area contributed by atoms with Gasteiger partial charge in [-0.15, -0.1) is 0 Å². The van der Waals surface area contributed by atoms with E-state index in [0.29, 0.717) is 16.8 Å². The van der Waals surface area contributed by atoms with E-state index in [4.69, 9.17) is 5.73 Å². The van der Waals surface area contributed by atoms with Crippen LogP contribution >= 0.6 is 0 Å². The van der Waals surface area contributed by atoms with Crippen molar-refractivity contribution in [1.29, 1.82) is 0 Å². The number of hydrogen-bond donors (Lipinski definition) is 2. The number of aromatic amines is 1. The number of Topliss-reactive ketones (excluding diaryl/α,β-unsaturated/α-hetero) is 1. The lowest BCUT2D eigenvalue weighted by Gasteiger charge is -2.04. The van der Waals surface area contributed by atoms with Gasteiger partial charge in [-0.1, -0.05) is 24.8 Å². The van der Waals surface area contributed by atoms with E-state index in [1.54, 1.807) is 13.0 Å². The van der Waals surface area contributed by atoms with Crippen molar-refractivity contribution in [2.45, 2.75) is 6.92 Å². The Hall–Kier alpha value is -2.29. The Kier molecular flexibility index (Phi) is 2.83. The van der Waals surface area contributed by atoms with Crippen molar-refractivity contribution >= 4 is 16.7 Å². The van der Waals surface area contributed by atoms with Gasteiger partial charge in [0.05, 0.1) is 0 Å². The Labute approximate surface area is 99.6 Å². The number of H-pyrrole nitrogens is 1. The predicted octanol–water partition coefficient (Wildman–Crippen LogP) is 2.77. The van der Waals surface area contributed by atoms with Crippen LogP contribution in [0.15, 0.2) is 54.4 Å². The summed E-state index contributed by atoms with van der Waals surface area (Å²) in [6, 6.07) is 7.49. The van der Waals surface area contributed by atoms with Crippen LogP contribution in [-0.4, -0.2) is 10.8 Å². The Balaban J connectivity index is 2.49. The van der Waals surface area contributed by atoms with Crippen molar-refractivity contribution in [2.24, 2.45) is 5.73 Å². The molecule has 0 radical (unpaired) electrons. The third-order valence-corrected chi connectivity index (χ3v) is 2.69. The van der Waals surface area contributed by atoms with Crippen LogP contribution in [0.4, 0.5) is 0 Å². The number of aromatic nitrogens is 1. The zero-order valence-corrected chi connectivity index (χ0v) is 9.66. The Morgan fingerprint density at radius 2 is 2.18 bits per heavy atom. The molecule has 3 nitrogen and oxygen atoms in total. The smallest absolute Gasteiger partial charge is 0.194 e. The third kappa shape index (κ3) is 1.99. The molecule has 0 saturated heterocycles. The summed E-state index contributed by atoms with van der Waals surface area (Å²) in [5.74, 6) is -0.100. The van der Waals surface area contributed by atoms with Crippen molar-refractivity contribution in [2.75, 3.05) is 0 Å². The molecule has 0 spiro atoms. The summed E-state index contributed by atoms with van der Waals surface area (Å²) in [6.45, 7) is 5.31. The first-order chi connectivity index (χ1) is 8.13. The maximum absolute atomic E-state index is 12.2. The first-order valence-electron chi connectivity index (χ1n) is 5.34. The number of hydrogen-bond acceptors (Lipinski definition) is 2. The number of ketones is 1. The summed E-state index contributed by atoms with van der Waals surface area (Å²) in [4.78, 5) is 15.2. The lowest BCUT2D eigenvalue weighted by atomic mass is 10.0. The molecule has 0 bridgehead atoms. The van der Waals surface area contributed by atoms with Gasteiger partial charge in [0.25, 0.3) is 0 Å². The fourth-order valence-electron chi connectivity index (χ4n) is 1.78. The van der Waals surface area contributed by atoms with E-state index in [9.17, 15) is 4.79 Å². The molecule has 0 aliphatic heterocycles. The van der Waals surface area contributed by atoms with Crippen LogP contribution in [0.1, 0.15) is 17.3 Å². The second-order valence-corrected chi connectivity index (χ2v) is 3.91. The highest BCUT2D eigenvalue weighted by Crippen LogP contribution is 2.17. The standard InChI is InChI=1S/C14H14N2O/c1-3-12(9(2)15)14(17)11-5-4-10-6-7-16-13(10)8-11/h3-8,16H,1,15H2,2H3/b12-9-. The molecule has 1 aromatic carbocycles. The number of carbonyl (C=O) groups is 1. The summed E-state index contributed by atoms with van der Waals surface area (Å²) in [7, 11) is 0. The minimum Gasteiger partial charge on any atom is -0.402 e. The molecule has 0 fully saturated rings. The van der Waals surface area contributed by atoms with Crippen molar-refractivity contribution in [3.8, 4) is 0 Å². The zero-order valence-electron chi connectivity index (χ0n) is 9.66. The number of nitrogens with two attached hydrogens (primary N) is 1. The number of benzene rings is 1. The minimum atomic E-state index is -0.100. The Bertz CT molecular complexity index is 616. The van der Waals surface area contributed by atoms with Gasteiger partial charge in [0, 0.05) is 28.5 Å². The van der Waals surface area contributed by atoms with Gasteiger partial charge in [-0.25, -0.2) is 0 Å². The highest BCUT2D eigenvalue weighted by molar-refractivity contribution is 6.12. The molecule has 0 aliphatic carbocycles. The summed E-state index contributed by atoms with van der Waals surface area (Å²) in [6.07, 6.45) is 3.34. The topological polar surface area (TPSA) is 58.9 Å². The Morgan fingerprint density at radius 1 is 1.41 bits per heavy atom. The minimum absolute atomic E-state index is 0.100. The van der Waals surface area contributed by atoms with Gasteiger partial charge in [0.15, 0.2) is 5.78 Å². The number of allylic oxidation sites excluding steroid dienone is 3. The molecule has 3 N–H and O–H groups in total. The fraction of sp³-hybridized carbons (Fsp3) is 0.0714. The van der Waals surface area contributed by atoms with E-state index in [1.165, 1.54) is 6.08 Å². The normalized spacial score (nSPS) is 12.3. The Morgan fingerprint density at radius 3 is 2.82 bits per heavy atom. The van der Waals surface area contributed by atoms with Crippen LogP contribution in [0.25, 0.3) is 10.9 Å². The van der Waals surface area contributed by atoms with Crippen LogP contribution in [-0.2, 0) is 0 Å². The van der Waals surface area contributed by atoms with E-state index in [-0.39, 0.29) is 5.78 Å². The summed E-state index contributed by atoms with van der Waals surface area (Å²) < 4.78 is 0. The maximum Gasteiger partial charge on any atom is 0.194 e. The largest absolute Gasteiger partial charge is 0.402 e. The summed E-state index contributed by atoms with van der Waals surface area (Å²) in [5, 5.41) is 1.08. The molecule has 17 heavy (non-hydrogen) atoms. The average molecular weight is 226 g/mol. The van der Waals surface area contributed by atoms with Crippen LogP contribution in [0, 0.1) is 0 Å². The lowest BCUT2D eigenvalue weighted by Crippen LogP contribution is -2.07. The van der Waals surface area contributed by atoms with E-state index < -0.39 is 0 Å². The van der Waals surface area contributed by atoms with Crippen LogP contribution in [0.5, 0.6) is 0 Å². The first kappa shape index (κ1) is 11.2. The van der Waals surface area contributed by atoms with Gasteiger partial charge < -0.3 is 10.7 Å². The molecule has 0 aliphatic rings. The van der Waals surface area contributed by atoms with Gasteiger partial charge in [0.1, 0.15) is 0 Å². The molecule has 1 heterocycles. The summed E-state index contributed by atoms with van der Waals surface area (Å²) in [5.41, 5.74) is 8.14. The first-order valence-corrected chi connectivity index (χ1v) is 5.34. The molecule has 86 valence electrons. The van der Waals surface area contributed by atoms with E-state index in [0.717, 1.165) is 10.9 Å². The molecule has 3 heteroatoms. The van der Waals surface area contributed by atoms with Gasteiger partial charge in [0.2, 0.25) is 0 Å². The molecule has 0 amide bonds. The fourth-order valence-corrected chi connectivity index (χ4v) is 1.78. The summed E-state index contributed by atoms with van der Waals surface area (Å²) >= 11 is 0. The van der Waals surface area contributed by atoms with Gasteiger partial charge in [-0.2, -0.15) is 0 Å². The number of nitrogens with one attached hydrogen (secondary N) is 1. The molecule has 2 aromatic rings. The number of carbonyl (C=O) groups excluding carboxylic acids is 1. The molecule has 1 aromatic heterocycles. The second-order valence-electron chi connectivity index (χ2n) is 3.91. The molecular weight excluding hydrogens is 212 g/mol. The molecule has 0 atom stereocenters. The van der Waals surface area contributed by atoms with E-state index >= 15 is 0 Å². The molecule has 0 unspecified atom stereocenters. The monoisotopic (exact) mass is 226 g/mol. The SMILES string of the molecule is C=C/C(C(=O)c1ccc2cc[nH]c2c1)=C(\C)N. The molecule has 0 saturated carbocycles. The second kappa shape index (κ2) is 4.29. The number of fused-ring (bicyclic) bond motifs is 1. The molecular formula is C14H14N2O. The lowest BCUT2D eigenvalue weighted by molar-refractivity contribution is 0.103. The van der Waals surface area contributed by atoms with Crippen molar-refractivity contribution in [3.63, 3.8) is 0 Å². The third-order valence-electron chi connectivity index (χ3n) is 2.69. The molecule has 2 rings (SSSR count). The predicted molar refractivity (Wildman–Crippen MR) is 69.7 cm³/mol. The highest BCUT2D eigenvalue weighted by atomic mass is 16.1. The van der Waals surface area contributed by atoms with Crippen LogP contribution in [0.3, 0.4) is 0 Å². The maximum atomic E-state index is 12.2. The van der Waals surface area contributed by atoms with Gasteiger partial charge in [-0.3, -0.25) is 4.79 Å². The highest BCUT2D eigenvalue weighted by Gasteiger charge is 2.11. The van der Waals surface area contributed by atoms with E-state index in [1.807, 2.05) is 24.4 Å². The van der Waals surface area contributed by atoms with Crippen molar-refractivity contribution in [3.05, 3.63) is 60.0 Å². The number of rotatable bonds is 3. The average Bonchev–Trinajstić information content (AvgIpc) is 2.75. The van der Waals surface area contributed by atoms with Crippen molar-refractivity contribution < 1.29 is 4.79 Å². The van der Waals surface area contributed by atoms with Crippen LogP contribution < -0.4 is 5.73 Å². The quantitative estimate of drug-likeness (QED) is 0.480. The van der Waals surface area contributed by atoms with Crippen LogP contribution in [0.2, 0.25) is 0 Å². The van der Waals surface area contributed by atoms with Gasteiger partial charge >= 0.3 is 0 Å². The zero-order chi connectivity index (χ0) is 12.4. The van der Waals surface area contributed by atoms with Crippen molar-refractivity contribution in [1.82, 2.24) is 4.98 Å². The van der Waals surface area contributed by atoms with E-state index in [2.05, 4.69) is 11.6 Å².